The maximum absolute atomic E-state index is 10.5. The summed E-state index contributed by atoms with van der Waals surface area (Å²) in [6, 6.07) is 18.6. The molecule has 3 heterocycles. The lowest BCUT2D eigenvalue weighted by atomic mass is 10.00. The number of fused-ring (bicyclic) bond motifs is 2. The number of aryl methyl sites for hydroxylation is 1. The zero-order valence-corrected chi connectivity index (χ0v) is 23.8. The van der Waals surface area contributed by atoms with E-state index in [1.807, 2.05) is 13.0 Å². The molecule has 0 aliphatic carbocycles. The van der Waals surface area contributed by atoms with E-state index in [-0.39, 0.29) is 4.90 Å². The third kappa shape index (κ3) is 6.20. The Kier molecular flexibility index (Phi) is 8.22. The van der Waals surface area contributed by atoms with E-state index in [4.69, 9.17) is 25.9 Å². The fourth-order valence-electron chi connectivity index (χ4n) is 4.77. The van der Waals surface area contributed by atoms with Crippen molar-refractivity contribution in [2.24, 2.45) is 0 Å². The Morgan fingerprint density at radius 2 is 1.82 bits per heavy atom. The van der Waals surface area contributed by atoms with E-state index in [9.17, 15) is 8.42 Å². The fraction of sp³-hybridized carbons (Fsp3) is 0.241. The maximum Gasteiger partial charge on any atom is 0.294 e. The second-order valence-electron chi connectivity index (χ2n) is 9.56. The van der Waals surface area contributed by atoms with Crippen LogP contribution in [-0.4, -0.2) is 43.1 Å². The van der Waals surface area contributed by atoms with Gasteiger partial charge in [-0.15, -0.1) is 0 Å². The molecule has 3 aromatic carbocycles. The summed E-state index contributed by atoms with van der Waals surface area (Å²) in [6.07, 6.45) is 3.63. The molecule has 208 valence electrons. The lowest BCUT2D eigenvalue weighted by Gasteiger charge is -2.22. The summed E-state index contributed by atoms with van der Waals surface area (Å²) in [4.78, 5) is 11.2. The number of benzene rings is 3. The quantitative estimate of drug-likeness (QED) is 0.265. The van der Waals surface area contributed by atoms with Gasteiger partial charge in [-0.1, -0.05) is 47.5 Å². The monoisotopic (exact) mass is 579 g/mol. The Labute approximate surface area is 238 Å². The molecule has 40 heavy (non-hydrogen) atoms. The van der Waals surface area contributed by atoms with E-state index in [1.54, 1.807) is 25.4 Å². The summed E-state index contributed by atoms with van der Waals surface area (Å²) in [5, 5.41) is 7.27. The van der Waals surface area contributed by atoms with Gasteiger partial charge in [0.15, 0.2) is 5.82 Å². The van der Waals surface area contributed by atoms with Gasteiger partial charge in [-0.25, -0.2) is 4.98 Å². The highest BCUT2D eigenvalue weighted by atomic mass is 35.5. The van der Waals surface area contributed by atoms with E-state index in [0.29, 0.717) is 16.8 Å². The largest absolute Gasteiger partial charge is 0.495 e. The van der Waals surface area contributed by atoms with Gasteiger partial charge in [0, 0.05) is 18.8 Å². The summed E-state index contributed by atoms with van der Waals surface area (Å²) < 4.78 is 35.2. The van der Waals surface area contributed by atoms with E-state index >= 15 is 0 Å². The average Bonchev–Trinajstić information content (AvgIpc) is 3.38. The molecule has 0 unspecified atom stereocenters. The van der Waals surface area contributed by atoms with Crippen molar-refractivity contribution in [1.82, 2.24) is 15.3 Å². The van der Waals surface area contributed by atoms with Crippen LogP contribution in [0.4, 0.5) is 23.1 Å². The second-order valence-corrected chi connectivity index (χ2v) is 11.4. The number of para-hydroxylation sites is 1. The summed E-state index contributed by atoms with van der Waals surface area (Å²) in [5.41, 5.74) is 6.85. The molecule has 4 aromatic rings. The average molecular weight is 580 g/mol. The molecule has 0 fully saturated rings. The Hall–Kier alpha value is -3.70. The molecule has 0 amide bonds. The molecule has 9 nitrogen and oxygen atoms in total. The van der Waals surface area contributed by atoms with Crippen LogP contribution in [0, 0.1) is 6.92 Å². The minimum Gasteiger partial charge on any atom is -0.495 e. The molecule has 11 heteroatoms. The van der Waals surface area contributed by atoms with Crippen LogP contribution in [0.15, 0.2) is 71.8 Å². The van der Waals surface area contributed by atoms with E-state index < -0.39 is 10.1 Å². The molecule has 1 aromatic heterocycles. The third-order valence-corrected chi connectivity index (χ3v) is 7.98. The van der Waals surface area contributed by atoms with Crippen molar-refractivity contribution in [2.45, 2.75) is 31.2 Å². The summed E-state index contributed by atoms with van der Waals surface area (Å²) in [7, 11) is -2.34. The van der Waals surface area contributed by atoms with Crippen LogP contribution >= 0.6 is 11.6 Å². The van der Waals surface area contributed by atoms with Gasteiger partial charge in [-0.05, 0) is 73.3 Å². The van der Waals surface area contributed by atoms with Crippen LogP contribution in [0.25, 0.3) is 0 Å². The minimum absolute atomic E-state index is 0.0666. The van der Waals surface area contributed by atoms with E-state index in [1.165, 1.54) is 28.8 Å². The first-order chi connectivity index (χ1) is 19.2. The van der Waals surface area contributed by atoms with Crippen LogP contribution in [0.1, 0.15) is 22.3 Å². The standard InChI is InChI=1S/C22H22ClN5O.C7H8O3S/c1-29-20-11-15-6-8-24-12-16(15)10-18(20)26-22-25-13-17(23)21(27-22)28-9-7-14-4-2-3-5-19(14)28;1-6-2-4-7(5-3-6)11(8,9)10/h2-5,10-11,13,24H,6-9,12H2,1H3,(H,25,26,27);2-5H,1H3,(H,8,9,10). The zero-order valence-electron chi connectivity index (χ0n) is 22.2. The van der Waals surface area contributed by atoms with Crippen molar-refractivity contribution < 1.29 is 17.7 Å². The molecular weight excluding hydrogens is 550 g/mol. The van der Waals surface area contributed by atoms with Gasteiger partial charge in [0.1, 0.15) is 10.8 Å². The van der Waals surface area contributed by atoms with Gasteiger partial charge in [-0.2, -0.15) is 13.4 Å². The van der Waals surface area contributed by atoms with Gasteiger partial charge in [-0.3, -0.25) is 4.55 Å². The Bertz CT molecular complexity index is 1630. The van der Waals surface area contributed by atoms with E-state index in [2.05, 4.69) is 50.8 Å². The molecule has 2 aliphatic rings. The number of ether oxygens (including phenoxy) is 1. The number of nitrogens with one attached hydrogen (secondary N) is 2. The second kappa shape index (κ2) is 11.8. The van der Waals surface area contributed by atoms with Crippen LogP contribution < -0.4 is 20.3 Å². The lowest BCUT2D eigenvalue weighted by molar-refractivity contribution is 0.415. The first-order valence-corrected chi connectivity index (χ1v) is 14.6. The number of anilines is 4. The van der Waals surface area contributed by atoms with Crippen LogP contribution in [0.2, 0.25) is 5.02 Å². The highest BCUT2D eigenvalue weighted by Gasteiger charge is 2.24. The third-order valence-electron chi connectivity index (χ3n) is 6.84. The summed E-state index contributed by atoms with van der Waals surface area (Å²) >= 11 is 6.47. The van der Waals surface area contributed by atoms with Crippen molar-refractivity contribution in [1.29, 1.82) is 0 Å². The number of aromatic nitrogens is 2. The highest BCUT2D eigenvalue weighted by Crippen LogP contribution is 2.38. The van der Waals surface area contributed by atoms with Crippen LogP contribution in [0.5, 0.6) is 5.75 Å². The Morgan fingerprint density at radius 3 is 2.58 bits per heavy atom. The van der Waals surface area contributed by atoms with Crippen LogP contribution in [-0.2, 0) is 29.5 Å². The molecule has 0 radical (unpaired) electrons. The van der Waals surface area contributed by atoms with Gasteiger partial charge in [0.25, 0.3) is 10.1 Å². The summed E-state index contributed by atoms with van der Waals surface area (Å²) in [6.45, 7) is 4.53. The first-order valence-electron chi connectivity index (χ1n) is 12.8. The number of rotatable bonds is 5. The first kappa shape index (κ1) is 27.9. The Balaban J connectivity index is 0.000000248. The molecule has 0 bridgehead atoms. The normalized spacial score (nSPS) is 14.1. The van der Waals surface area contributed by atoms with Gasteiger partial charge >= 0.3 is 0 Å². The smallest absolute Gasteiger partial charge is 0.294 e. The van der Waals surface area contributed by atoms with Gasteiger partial charge in [0.05, 0.1) is 23.9 Å². The van der Waals surface area contributed by atoms with Gasteiger partial charge < -0.3 is 20.3 Å². The van der Waals surface area contributed by atoms with E-state index in [0.717, 1.165) is 55.2 Å². The number of methoxy groups -OCH3 is 1. The molecular formula is C29H30ClN5O4S. The minimum atomic E-state index is -4.02. The predicted molar refractivity (Wildman–Crippen MR) is 157 cm³/mol. The zero-order chi connectivity index (χ0) is 28.3. The van der Waals surface area contributed by atoms with Crippen LogP contribution in [0.3, 0.4) is 0 Å². The number of nitrogens with zero attached hydrogens (tertiary/aromatic N) is 3. The highest BCUT2D eigenvalue weighted by molar-refractivity contribution is 7.85. The molecule has 0 saturated carbocycles. The number of hydrogen-bond donors (Lipinski definition) is 3. The van der Waals surface area contributed by atoms with Crippen molar-refractivity contribution in [3.05, 3.63) is 94.1 Å². The molecule has 0 atom stereocenters. The van der Waals surface area contributed by atoms with Crippen molar-refractivity contribution in [2.75, 3.05) is 30.4 Å². The molecule has 3 N–H and O–H groups in total. The molecule has 0 saturated heterocycles. The fourth-order valence-corrected chi connectivity index (χ4v) is 5.45. The molecule has 2 aliphatic heterocycles. The Morgan fingerprint density at radius 1 is 1.05 bits per heavy atom. The lowest BCUT2D eigenvalue weighted by Crippen LogP contribution is -2.23. The van der Waals surface area contributed by atoms with Crippen molar-refractivity contribution >= 4 is 44.9 Å². The van der Waals surface area contributed by atoms with Gasteiger partial charge in [0.2, 0.25) is 5.95 Å². The van der Waals surface area contributed by atoms with Crippen molar-refractivity contribution in [3.8, 4) is 5.75 Å². The summed E-state index contributed by atoms with van der Waals surface area (Å²) in [5.74, 6) is 2.00. The number of hydrogen-bond acceptors (Lipinski definition) is 8. The molecule has 6 rings (SSSR count). The predicted octanol–water partition coefficient (Wildman–Crippen LogP) is 5.46. The number of halogens is 1. The van der Waals surface area contributed by atoms with Crippen molar-refractivity contribution in [3.63, 3.8) is 0 Å². The topological polar surface area (TPSA) is 117 Å². The SMILES string of the molecule is COc1cc2c(cc1Nc1ncc(Cl)c(N3CCc4ccccc43)n1)CNCC2.Cc1ccc(S(=O)(=O)O)cc1. The maximum atomic E-state index is 10.5. The molecule has 0 spiro atoms.